The second-order valence-electron chi connectivity index (χ2n) is 3.86. The molecule has 5 nitrogen and oxygen atoms in total. The monoisotopic (exact) mass is 273 g/mol. The molecule has 7 heteroatoms. The third-order valence-electron chi connectivity index (χ3n) is 2.22. The van der Waals surface area contributed by atoms with Crippen LogP contribution < -0.4 is 0 Å². The summed E-state index contributed by atoms with van der Waals surface area (Å²) in [6, 6.07) is 4.94. The zero-order valence-corrected chi connectivity index (χ0v) is 11.7. The standard InChI is InChI=1S/C10H15N3O2S2/c1-12(2)6-7-13(3)17(14,15)10-5-4-9(8-11)16-10/h4-5H,6-7H2,1-3H3. The summed E-state index contributed by atoms with van der Waals surface area (Å²) in [6.07, 6.45) is 0. The van der Waals surface area contributed by atoms with Crippen LogP contribution in [-0.2, 0) is 10.0 Å². The Hall–Kier alpha value is -0.940. The van der Waals surface area contributed by atoms with E-state index in [0.717, 1.165) is 11.3 Å². The molecule has 0 aromatic carbocycles. The first-order valence-corrected chi connectivity index (χ1v) is 7.24. The summed E-state index contributed by atoms with van der Waals surface area (Å²) in [5.74, 6) is 0. The third-order valence-corrected chi connectivity index (χ3v) is 5.53. The number of sulfonamides is 1. The van der Waals surface area contributed by atoms with Gasteiger partial charge in [-0.05, 0) is 26.2 Å². The number of thiophene rings is 1. The van der Waals surface area contributed by atoms with Crippen LogP contribution in [0.3, 0.4) is 0 Å². The molecule has 1 aromatic heterocycles. The van der Waals surface area contributed by atoms with Gasteiger partial charge in [-0.3, -0.25) is 0 Å². The van der Waals surface area contributed by atoms with Crippen molar-refractivity contribution in [3.8, 4) is 6.07 Å². The van der Waals surface area contributed by atoms with Crippen LogP contribution >= 0.6 is 11.3 Å². The lowest BCUT2D eigenvalue weighted by atomic mass is 10.5. The van der Waals surface area contributed by atoms with Crippen molar-refractivity contribution in [2.24, 2.45) is 0 Å². The summed E-state index contributed by atoms with van der Waals surface area (Å²) in [4.78, 5) is 2.32. The number of nitrogens with zero attached hydrogens (tertiary/aromatic N) is 3. The second kappa shape index (κ2) is 5.60. The lowest BCUT2D eigenvalue weighted by molar-refractivity contribution is 0.359. The molecule has 0 saturated carbocycles. The molecule has 0 atom stereocenters. The number of likely N-dealkylation sites (N-methyl/N-ethyl adjacent to an activating group) is 2. The Bertz CT molecular complexity index is 514. The lowest BCUT2D eigenvalue weighted by Gasteiger charge is -2.18. The summed E-state index contributed by atoms with van der Waals surface area (Å²) in [5, 5.41) is 8.68. The molecule has 0 unspecified atom stereocenters. The third kappa shape index (κ3) is 3.51. The van der Waals surface area contributed by atoms with Gasteiger partial charge in [0.2, 0.25) is 0 Å². The van der Waals surface area contributed by atoms with Gasteiger partial charge in [0.15, 0.2) is 0 Å². The fraction of sp³-hybridized carbons (Fsp3) is 0.500. The van der Waals surface area contributed by atoms with Crippen LogP contribution in [0.5, 0.6) is 0 Å². The van der Waals surface area contributed by atoms with Crippen LogP contribution in [0.15, 0.2) is 16.3 Å². The van der Waals surface area contributed by atoms with Gasteiger partial charge in [0.05, 0.1) is 0 Å². The highest BCUT2D eigenvalue weighted by atomic mass is 32.2. The Labute approximate surface area is 106 Å². The van der Waals surface area contributed by atoms with Gasteiger partial charge in [0.25, 0.3) is 10.0 Å². The van der Waals surface area contributed by atoms with Gasteiger partial charge in [-0.15, -0.1) is 11.3 Å². The molecule has 0 aliphatic heterocycles. The molecule has 0 fully saturated rings. The minimum atomic E-state index is -3.45. The summed E-state index contributed by atoms with van der Waals surface area (Å²) in [5.41, 5.74) is 0. The van der Waals surface area contributed by atoms with Crippen molar-refractivity contribution in [1.82, 2.24) is 9.21 Å². The fourth-order valence-electron chi connectivity index (χ4n) is 1.13. The molecular formula is C10H15N3O2S2. The van der Waals surface area contributed by atoms with Crippen molar-refractivity contribution < 1.29 is 8.42 Å². The van der Waals surface area contributed by atoms with Gasteiger partial charge >= 0.3 is 0 Å². The quantitative estimate of drug-likeness (QED) is 0.796. The zero-order valence-electron chi connectivity index (χ0n) is 10.0. The predicted molar refractivity (Wildman–Crippen MR) is 67.4 cm³/mol. The molecule has 0 aliphatic carbocycles. The van der Waals surface area contributed by atoms with E-state index in [1.54, 1.807) is 7.05 Å². The van der Waals surface area contributed by atoms with Crippen molar-refractivity contribution in [2.45, 2.75) is 4.21 Å². The molecule has 0 aliphatic rings. The maximum Gasteiger partial charge on any atom is 0.252 e. The maximum absolute atomic E-state index is 12.1. The predicted octanol–water partition coefficient (Wildman–Crippen LogP) is 0.802. The number of hydrogen-bond donors (Lipinski definition) is 0. The first-order chi connectivity index (χ1) is 7.87. The van der Waals surface area contributed by atoms with E-state index < -0.39 is 10.0 Å². The van der Waals surface area contributed by atoms with Crippen LogP contribution in [-0.4, -0.2) is 51.9 Å². The summed E-state index contributed by atoms with van der Waals surface area (Å²) in [6.45, 7) is 1.08. The molecule has 0 spiro atoms. The minimum Gasteiger partial charge on any atom is -0.308 e. The van der Waals surface area contributed by atoms with Gasteiger partial charge < -0.3 is 4.90 Å². The molecule has 0 saturated heterocycles. The SMILES string of the molecule is CN(C)CCN(C)S(=O)(=O)c1ccc(C#N)s1. The molecule has 1 rings (SSSR count). The van der Waals surface area contributed by atoms with Crippen LogP contribution in [0.25, 0.3) is 0 Å². The van der Waals surface area contributed by atoms with Gasteiger partial charge in [-0.2, -0.15) is 9.57 Å². The summed E-state index contributed by atoms with van der Waals surface area (Å²) >= 11 is 0.998. The summed E-state index contributed by atoms with van der Waals surface area (Å²) < 4.78 is 25.7. The van der Waals surface area contributed by atoms with Crippen LogP contribution in [0.1, 0.15) is 4.88 Å². The van der Waals surface area contributed by atoms with Crippen molar-refractivity contribution in [2.75, 3.05) is 34.2 Å². The Morgan fingerprint density at radius 3 is 2.41 bits per heavy atom. The van der Waals surface area contributed by atoms with E-state index in [0.29, 0.717) is 18.0 Å². The molecule has 94 valence electrons. The molecule has 0 bridgehead atoms. The van der Waals surface area contributed by atoms with E-state index in [-0.39, 0.29) is 4.21 Å². The number of rotatable bonds is 5. The number of hydrogen-bond acceptors (Lipinski definition) is 5. The Morgan fingerprint density at radius 1 is 1.29 bits per heavy atom. The average Bonchev–Trinajstić information content (AvgIpc) is 2.74. The molecule has 0 N–H and O–H groups in total. The molecular weight excluding hydrogens is 258 g/mol. The van der Waals surface area contributed by atoms with E-state index in [9.17, 15) is 8.42 Å². The summed E-state index contributed by atoms with van der Waals surface area (Å²) in [7, 11) is 1.87. The first-order valence-electron chi connectivity index (χ1n) is 4.99. The highest BCUT2D eigenvalue weighted by Crippen LogP contribution is 2.23. The fourth-order valence-corrected chi connectivity index (χ4v) is 3.61. The Balaban J connectivity index is 2.84. The van der Waals surface area contributed by atoms with Gasteiger partial charge in [-0.25, -0.2) is 8.42 Å². The number of nitriles is 1. The van der Waals surface area contributed by atoms with Crippen LogP contribution in [0.4, 0.5) is 0 Å². The topological polar surface area (TPSA) is 64.4 Å². The largest absolute Gasteiger partial charge is 0.308 e. The van der Waals surface area contributed by atoms with Crippen molar-refractivity contribution in [1.29, 1.82) is 5.26 Å². The molecule has 17 heavy (non-hydrogen) atoms. The highest BCUT2D eigenvalue weighted by Gasteiger charge is 2.22. The van der Waals surface area contributed by atoms with Crippen molar-refractivity contribution in [3.63, 3.8) is 0 Å². The van der Waals surface area contributed by atoms with Gasteiger partial charge in [-0.1, -0.05) is 0 Å². The van der Waals surface area contributed by atoms with Crippen molar-refractivity contribution in [3.05, 3.63) is 17.0 Å². The van der Waals surface area contributed by atoms with E-state index >= 15 is 0 Å². The molecule has 1 aromatic rings. The lowest BCUT2D eigenvalue weighted by Crippen LogP contribution is -2.33. The van der Waals surface area contributed by atoms with Crippen molar-refractivity contribution >= 4 is 21.4 Å². The van der Waals surface area contributed by atoms with Gasteiger partial charge in [0, 0.05) is 20.1 Å². The molecule has 0 radical (unpaired) electrons. The van der Waals surface area contributed by atoms with Crippen LogP contribution in [0, 0.1) is 11.3 Å². The Kier molecular flexibility index (Phi) is 4.65. The van der Waals surface area contributed by atoms with Gasteiger partial charge in [0.1, 0.15) is 15.2 Å². The zero-order chi connectivity index (χ0) is 13.1. The van der Waals surface area contributed by atoms with E-state index in [1.807, 2.05) is 25.1 Å². The minimum absolute atomic E-state index is 0.218. The highest BCUT2D eigenvalue weighted by molar-refractivity contribution is 7.91. The van der Waals surface area contributed by atoms with Crippen LogP contribution in [0.2, 0.25) is 0 Å². The Morgan fingerprint density at radius 2 is 1.94 bits per heavy atom. The molecule has 0 amide bonds. The smallest absolute Gasteiger partial charge is 0.252 e. The second-order valence-corrected chi connectivity index (χ2v) is 7.22. The normalized spacial score (nSPS) is 12.0. The first kappa shape index (κ1) is 14.1. The molecule has 1 heterocycles. The van der Waals surface area contributed by atoms with E-state index in [2.05, 4.69) is 0 Å². The van der Waals surface area contributed by atoms with E-state index in [4.69, 9.17) is 5.26 Å². The maximum atomic E-state index is 12.1. The average molecular weight is 273 g/mol. The van der Waals surface area contributed by atoms with E-state index in [1.165, 1.54) is 16.4 Å².